The van der Waals surface area contributed by atoms with Gasteiger partial charge >= 0.3 is 0 Å². The summed E-state index contributed by atoms with van der Waals surface area (Å²) in [6.45, 7) is 2.45. The minimum atomic E-state index is -3.67. The van der Waals surface area contributed by atoms with Gasteiger partial charge in [-0.2, -0.15) is 0 Å². The maximum Gasteiger partial charge on any atom is 0.267 e. The molecule has 1 atom stereocenters. The molecular weight excluding hydrogens is 420 g/mol. The number of fused-ring (bicyclic) bond motifs is 1. The Bertz CT molecular complexity index is 1010. The van der Waals surface area contributed by atoms with Crippen LogP contribution in [0.3, 0.4) is 0 Å². The summed E-state index contributed by atoms with van der Waals surface area (Å²) in [4.78, 5) is 14.4. The molecule has 8 nitrogen and oxygen atoms in total. The first-order valence-corrected chi connectivity index (χ1v) is 11.8. The van der Waals surface area contributed by atoms with Gasteiger partial charge in [0.05, 0.1) is 18.1 Å². The van der Waals surface area contributed by atoms with E-state index in [0.29, 0.717) is 50.8 Å². The molecule has 0 aliphatic carbocycles. The highest BCUT2D eigenvalue weighted by atomic mass is 32.2. The van der Waals surface area contributed by atoms with Gasteiger partial charge in [0.25, 0.3) is 5.91 Å². The summed E-state index contributed by atoms with van der Waals surface area (Å²) in [6.07, 6.45) is 0.742. The summed E-state index contributed by atoms with van der Waals surface area (Å²) >= 11 is 0. The van der Waals surface area contributed by atoms with Gasteiger partial charge in [-0.15, -0.1) is 0 Å². The lowest BCUT2D eigenvalue weighted by molar-refractivity contribution is -0.145. The highest BCUT2D eigenvalue weighted by Gasteiger charge is 2.32. The lowest BCUT2D eigenvalue weighted by atomic mass is 10.1. The molecule has 1 saturated heterocycles. The first-order chi connectivity index (χ1) is 15.0. The van der Waals surface area contributed by atoms with E-state index in [2.05, 4.69) is 4.72 Å². The fourth-order valence-corrected chi connectivity index (χ4v) is 4.64. The van der Waals surface area contributed by atoms with Crippen molar-refractivity contribution in [3.8, 4) is 11.5 Å². The quantitative estimate of drug-likeness (QED) is 0.650. The Morgan fingerprint density at radius 3 is 2.61 bits per heavy atom. The highest BCUT2D eigenvalue weighted by Crippen LogP contribution is 2.34. The van der Waals surface area contributed by atoms with Crippen LogP contribution in [0.15, 0.2) is 53.4 Å². The van der Waals surface area contributed by atoms with Crippen molar-refractivity contribution < 1.29 is 27.4 Å². The van der Waals surface area contributed by atoms with Crippen molar-refractivity contribution in [1.82, 2.24) is 9.62 Å². The molecule has 31 heavy (non-hydrogen) atoms. The zero-order valence-electron chi connectivity index (χ0n) is 17.2. The van der Waals surface area contributed by atoms with E-state index in [0.717, 1.165) is 6.42 Å². The van der Waals surface area contributed by atoms with Crippen LogP contribution in [0, 0.1) is 0 Å². The summed E-state index contributed by atoms with van der Waals surface area (Å²) in [7, 11) is -3.67. The largest absolute Gasteiger partial charge is 0.485 e. The standard InChI is InChI=1S/C22H26N2O6S/c25-22(24-11-13-28-14-12-24)21-16-29-20-15-18(8-9-19(20)30-21)31(26,27)23-10-4-7-17-5-2-1-3-6-17/h1-3,5-6,8-9,15,21,23H,4,7,10-14,16H2. The number of hydrogen-bond donors (Lipinski definition) is 1. The van der Waals surface area contributed by atoms with E-state index in [1.165, 1.54) is 23.8 Å². The minimum Gasteiger partial charge on any atom is -0.485 e. The lowest BCUT2D eigenvalue weighted by Gasteiger charge is -2.32. The molecular formula is C22H26N2O6S. The van der Waals surface area contributed by atoms with Gasteiger partial charge in [0.2, 0.25) is 16.1 Å². The predicted octanol–water partition coefficient (Wildman–Crippen LogP) is 1.60. The number of hydrogen-bond acceptors (Lipinski definition) is 6. The van der Waals surface area contributed by atoms with Crippen molar-refractivity contribution in [2.24, 2.45) is 0 Å². The Kier molecular flexibility index (Phi) is 6.74. The molecule has 2 aromatic carbocycles. The first kappa shape index (κ1) is 21.6. The molecule has 2 aliphatic heterocycles. The van der Waals surface area contributed by atoms with Gasteiger partial charge in [0.15, 0.2) is 11.5 Å². The zero-order chi connectivity index (χ0) is 21.7. The van der Waals surface area contributed by atoms with E-state index in [4.69, 9.17) is 14.2 Å². The van der Waals surface area contributed by atoms with E-state index in [1.807, 2.05) is 30.3 Å². The van der Waals surface area contributed by atoms with E-state index < -0.39 is 16.1 Å². The van der Waals surface area contributed by atoms with Crippen molar-refractivity contribution in [2.45, 2.75) is 23.8 Å². The van der Waals surface area contributed by atoms with Gasteiger partial charge in [-0.1, -0.05) is 30.3 Å². The molecule has 2 heterocycles. The van der Waals surface area contributed by atoms with Crippen LogP contribution in [0.5, 0.6) is 11.5 Å². The Hall–Kier alpha value is -2.62. The van der Waals surface area contributed by atoms with Crippen LogP contribution in [0.2, 0.25) is 0 Å². The number of aryl methyl sites for hydroxylation is 1. The summed E-state index contributed by atoms with van der Waals surface area (Å²) in [5, 5.41) is 0. The number of nitrogens with one attached hydrogen (secondary N) is 1. The van der Waals surface area contributed by atoms with Gasteiger partial charge in [-0.25, -0.2) is 13.1 Å². The summed E-state index contributed by atoms with van der Waals surface area (Å²) in [5.74, 6) is 0.532. The third-order valence-electron chi connectivity index (χ3n) is 5.26. The first-order valence-electron chi connectivity index (χ1n) is 10.4. The zero-order valence-corrected chi connectivity index (χ0v) is 18.0. The number of nitrogens with zero attached hydrogens (tertiary/aromatic N) is 1. The number of ether oxygens (including phenoxy) is 3. The Labute approximate surface area is 182 Å². The van der Waals surface area contributed by atoms with Crippen LogP contribution in [0.25, 0.3) is 0 Å². The molecule has 1 fully saturated rings. The van der Waals surface area contributed by atoms with Crippen molar-refractivity contribution >= 4 is 15.9 Å². The van der Waals surface area contributed by atoms with Crippen molar-refractivity contribution in [2.75, 3.05) is 39.5 Å². The molecule has 166 valence electrons. The highest BCUT2D eigenvalue weighted by molar-refractivity contribution is 7.89. The third kappa shape index (κ3) is 5.36. The number of benzene rings is 2. The molecule has 0 aromatic heterocycles. The van der Waals surface area contributed by atoms with Crippen LogP contribution in [-0.2, 0) is 26.0 Å². The van der Waals surface area contributed by atoms with E-state index in [1.54, 1.807) is 4.90 Å². The fourth-order valence-electron chi connectivity index (χ4n) is 3.55. The fraction of sp³-hybridized carbons (Fsp3) is 0.409. The average molecular weight is 447 g/mol. The van der Waals surface area contributed by atoms with Crippen molar-refractivity contribution in [3.63, 3.8) is 0 Å². The smallest absolute Gasteiger partial charge is 0.267 e. The number of morpholine rings is 1. The van der Waals surface area contributed by atoms with E-state index in [-0.39, 0.29) is 17.4 Å². The molecule has 0 spiro atoms. The van der Waals surface area contributed by atoms with E-state index in [9.17, 15) is 13.2 Å². The van der Waals surface area contributed by atoms with Crippen LogP contribution in [-0.4, -0.2) is 64.8 Å². The van der Waals surface area contributed by atoms with Gasteiger partial charge in [0, 0.05) is 25.7 Å². The second kappa shape index (κ2) is 9.67. The SMILES string of the molecule is O=C(C1COc2cc(S(=O)(=O)NCCCc3ccccc3)ccc2O1)N1CCOCC1. The number of sulfonamides is 1. The molecule has 4 rings (SSSR count). The summed E-state index contributed by atoms with van der Waals surface area (Å²) < 4.78 is 44.6. The minimum absolute atomic E-state index is 0.0389. The third-order valence-corrected chi connectivity index (χ3v) is 6.72. The molecule has 0 radical (unpaired) electrons. The van der Waals surface area contributed by atoms with Gasteiger partial charge in [-0.05, 0) is 30.5 Å². The normalized spacial score (nSPS) is 18.6. The second-order valence-electron chi connectivity index (χ2n) is 7.45. The molecule has 1 amide bonds. The maximum absolute atomic E-state index is 12.6. The molecule has 1 unspecified atom stereocenters. The Morgan fingerprint density at radius 2 is 1.84 bits per heavy atom. The molecule has 2 aliphatic rings. The lowest BCUT2D eigenvalue weighted by Crippen LogP contribution is -2.50. The van der Waals surface area contributed by atoms with Crippen LogP contribution in [0.1, 0.15) is 12.0 Å². The molecule has 0 saturated carbocycles. The monoisotopic (exact) mass is 446 g/mol. The number of rotatable bonds is 7. The topological polar surface area (TPSA) is 94.2 Å². The Balaban J connectivity index is 1.34. The Morgan fingerprint density at radius 1 is 1.06 bits per heavy atom. The van der Waals surface area contributed by atoms with Gasteiger partial charge in [-0.3, -0.25) is 4.79 Å². The number of carbonyl (C=O) groups is 1. The molecule has 9 heteroatoms. The maximum atomic E-state index is 12.6. The second-order valence-corrected chi connectivity index (χ2v) is 9.22. The van der Waals surface area contributed by atoms with Crippen molar-refractivity contribution in [3.05, 3.63) is 54.1 Å². The van der Waals surface area contributed by atoms with Crippen LogP contribution < -0.4 is 14.2 Å². The van der Waals surface area contributed by atoms with Crippen LogP contribution >= 0.6 is 0 Å². The van der Waals surface area contributed by atoms with E-state index >= 15 is 0 Å². The van der Waals surface area contributed by atoms with Crippen LogP contribution in [0.4, 0.5) is 0 Å². The summed E-state index contributed by atoms with van der Waals surface area (Å²) in [6, 6.07) is 14.4. The number of carbonyl (C=O) groups excluding carboxylic acids is 1. The predicted molar refractivity (Wildman–Crippen MR) is 114 cm³/mol. The molecule has 0 bridgehead atoms. The van der Waals surface area contributed by atoms with Gasteiger partial charge in [0.1, 0.15) is 6.61 Å². The molecule has 1 N–H and O–H groups in total. The summed E-state index contributed by atoms with van der Waals surface area (Å²) in [5.41, 5.74) is 1.17. The van der Waals surface area contributed by atoms with Gasteiger partial charge < -0.3 is 19.1 Å². The molecule has 2 aromatic rings. The van der Waals surface area contributed by atoms with Crippen molar-refractivity contribution in [1.29, 1.82) is 0 Å². The number of amides is 1. The average Bonchev–Trinajstić information content (AvgIpc) is 2.82.